The summed E-state index contributed by atoms with van der Waals surface area (Å²) < 4.78 is 18.4. The number of hydrogen-bond donors (Lipinski definition) is 1. The molecule has 0 bridgehead atoms. The maximum absolute atomic E-state index is 12.3. The fraction of sp³-hybridized carbons (Fsp3) is 1.00. The van der Waals surface area contributed by atoms with Crippen molar-refractivity contribution in [1.82, 2.24) is 0 Å². The first-order chi connectivity index (χ1) is 8.61. The molecule has 2 fully saturated rings. The van der Waals surface area contributed by atoms with Crippen LogP contribution >= 0.6 is 11.8 Å². The monoisotopic (exact) mass is 291 g/mol. The van der Waals surface area contributed by atoms with Crippen molar-refractivity contribution >= 4 is 22.6 Å². The summed E-state index contributed by atoms with van der Waals surface area (Å²) in [6.07, 6.45) is 5.10. The first-order valence-corrected chi connectivity index (χ1v) is 9.49. The lowest BCUT2D eigenvalue weighted by atomic mass is 9.88. The van der Waals surface area contributed by atoms with Crippen molar-refractivity contribution in [3.8, 4) is 0 Å². The molecule has 1 spiro atoms. The zero-order valence-corrected chi connectivity index (χ0v) is 12.9. The van der Waals surface area contributed by atoms with E-state index in [0.29, 0.717) is 5.25 Å². The van der Waals surface area contributed by atoms with Gasteiger partial charge in [-0.2, -0.15) is 11.8 Å². The van der Waals surface area contributed by atoms with Crippen molar-refractivity contribution in [2.24, 2.45) is 5.73 Å². The van der Waals surface area contributed by atoms with Gasteiger partial charge in [0.05, 0.1) is 5.60 Å². The SMILES string of the molecule is CC(N)CCS(=O)C1CCOC2(CCSCC2)C1. The number of thioether (sulfide) groups is 1. The lowest BCUT2D eigenvalue weighted by molar-refractivity contribution is -0.0809. The van der Waals surface area contributed by atoms with Crippen LogP contribution in [-0.4, -0.2) is 45.0 Å². The van der Waals surface area contributed by atoms with E-state index in [9.17, 15) is 4.21 Å². The Kier molecular flexibility index (Phi) is 5.54. The van der Waals surface area contributed by atoms with E-state index in [-0.39, 0.29) is 11.6 Å². The summed E-state index contributed by atoms with van der Waals surface area (Å²) in [7, 11) is -0.722. The van der Waals surface area contributed by atoms with Crippen LogP contribution in [0.3, 0.4) is 0 Å². The van der Waals surface area contributed by atoms with Gasteiger partial charge in [-0.1, -0.05) is 0 Å². The molecule has 2 aliphatic rings. The largest absolute Gasteiger partial charge is 0.375 e. The lowest BCUT2D eigenvalue weighted by Crippen LogP contribution is -2.46. The first kappa shape index (κ1) is 14.8. The Morgan fingerprint density at radius 1 is 1.50 bits per heavy atom. The molecule has 0 aromatic heterocycles. The highest BCUT2D eigenvalue weighted by atomic mass is 32.2. The van der Waals surface area contributed by atoms with Crippen molar-refractivity contribution in [3.05, 3.63) is 0 Å². The second-order valence-corrected chi connectivity index (χ2v) is 8.67. The molecule has 0 aromatic rings. The van der Waals surface area contributed by atoms with E-state index >= 15 is 0 Å². The maximum Gasteiger partial charge on any atom is 0.0709 e. The molecular formula is C13H25NO2S2. The number of rotatable bonds is 4. The molecule has 2 N–H and O–H groups in total. The molecule has 3 atom stereocenters. The predicted octanol–water partition coefficient (Wildman–Crippen LogP) is 1.92. The zero-order chi connectivity index (χ0) is 13.0. The van der Waals surface area contributed by atoms with Gasteiger partial charge in [-0.25, -0.2) is 0 Å². The summed E-state index contributed by atoms with van der Waals surface area (Å²) >= 11 is 2.01. The highest BCUT2D eigenvalue weighted by molar-refractivity contribution is 7.99. The van der Waals surface area contributed by atoms with E-state index < -0.39 is 10.8 Å². The Bertz CT molecular complexity index is 285. The van der Waals surface area contributed by atoms with E-state index in [0.717, 1.165) is 44.5 Å². The molecule has 2 saturated heterocycles. The molecule has 3 unspecified atom stereocenters. The topological polar surface area (TPSA) is 52.3 Å². The summed E-state index contributed by atoms with van der Waals surface area (Å²) in [6.45, 7) is 2.78. The second kappa shape index (κ2) is 6.73. The van der Waals surface area contributed by atoms with Crippen LogP contribution in [0.1, 0.15) is 39.0 Å². The molecule has 2 heterocycles. The minimum Gasteiger partial charge on any atom is -0.375 e. The molecule has 2 aliphatic heterocycles. The minimum atomic E-state index is -0.722. The van der Waals surface area contributed by atoms with Gasteiger partial charge < -0.3 is 10.5 Å². The smallest absolute Gasteiger partial charge is 0.0709 e. The fourth-order valence-electron chi connectivity index (χ4n) is 2.77. The van der Waals surface area contributed by atoms with Gasteiger partial charge >= 0.3 is 0 Å². The van der Waals surface area contributed by atoms with Gasteiger partial charge in [-0.05, 0) is 50.5 Å². The van der Waals surface area contributed by atoms with Crippen LogP contribution in [0.25, 0.3) is 0 Å². The summed E-state index contributed by atoms with van der Waals surface area (Å²) in [4.78, 5) is 0. The van der Waals surface area contributed by atoms with Gasteiger partial charge in [0.1, 0.15) is 0 Å². The van der Waals surface area contributed by atoms with E-state index in [2.05, 4.69) is 0 Å². The maximum atomic E-state index is 12.3. The summed E-state index contributed by atoms with van der Waals surface area (Å²) in [5, 5.41) is 0.334. The Balaban J connectivity index is 1.87. The molecule has 5 heteroatoms. The molecule has 0 amide bonds. The number of nitrogens with two attached hydrogens (primary N) is 1. The Labute approximate surface area is 117 Å². The standard InChI is InChI=1S/C13H25NO2S2/c1-11(14)3-9-18(15)12-2-6-16-13(10-12)4-7-17-8-5-13/h11-12H,2-10,14H2,1H3. The van der Waals surface area contributed by atoms with Gasteiger partial charge in [0.25, 0.3) is 0 Å². The van der Waals surface area contributed by atoms with Gasteiger partial charge in [0.2, 0.25) is 0 Å². The Morgan fingerprint density at radius 2 is 2.22 bits per heavy atom. The van der Waals surface area contributed by atoms with Crippen molar-refractivity contribution < 1.29 is 8.95 Å². The minimum absolute atomic E-state index is 0.0537. The molecular weight excluding hydrogens is 266 g/mol. The van der Waals surface area contributed by atoms with Crippen LogP contribution in [0.4, 0.5) is 0 Å². The van der Waals surface area contributed by atoms with Crippen molar-refractivity contribution in [2.45, 2.75) is 55.9 Å². The van der Waals surface area contributed by atoms with Crippen molar-refractivity contribution in [1.29, 1.82) is 0 Å². The zero-order valence-electron chi connectivity index (χ0n) is 11.2. The second-order valence-electron chi connectivity index (χ2n) is 5.61. The number of hydrogen-bond acceptors (Lipinski definition) is 4. The number of ether oxygens (including phenoxy) is 1. The normalized spacial score (nSPS) is 31.1. The third-order valence-corrected chi connectivity index (χ3v) is 6.77. The summed E-state index contributed by atoms with van der Waals surface area (Å²) in [5.74, 6) is 3.14. The first-order valence-electron chi connectivity index (χ1n) is 6.96. The van der Waals surface area contributed by atoms with Crippen LogP contribution in [0.5, 0.6) is 0 Å². The molecule has 0 aliphatic carbocycles. The lowest BCUT2D eigenvalue weighted by Gasteiger charge is -2.43. The summed E-state index contributed by atoms with van der Waals surface area (Å²) in [5.41, 5.74) is 5.80. The van der Waals surface area contributed by atoms with Crippen molar-refractivity contribution in [2.75, 3.05) is 23.9 Å². The predicted molar refractivity (Wildman–Crippen MR) is 79.5 cm³/mol. The van der Waals surface area contributed by atoms with Gasteiger partial charge in [0, 0.05) is 34.5 Å². The molecule has 0 radical (unpaired) electrons. The molecule has 106 valence electrons. The third-order valence-electron chi connectivity index (χ3n) is 4.00. The van der Waals surface area contributed by atoms with Gasteiger partial charge in [-0.3, -0.25) is 4.21 Å². The van der Waals surface area contributed by atoms with Crippen LogP contribution in [0.2, 0.25) is 0 Å². The average molecular weight is 291 g/mol. The van der Waals surface area contributed by atoms with Crippen LogP contribution in [0.15, 0.2) is 0 Å². The van der Waals surface area contributed by atoms with Crippen LogP contribution in [0, 0.1) is 0 Å². The van der Waals surface area contributed by atoms with E-state index in [1.165, 1.54) is 11.5 Å². The fourth-order valence-corrected chi connectivity index (χ4v) is 5.79. The van der Waals surface area contributed by atoms with E-state index in [1.54, 1.807) is 0 Å². The third kappa shape index (κ3) is 3.95. The molecule has 3 nitrogen and oxygen atoms in total. The van der Waals surface area contributed by atoms with Crippen LogP contribution in [-0.2, 0) is 15.5 Å². The highest BCUT2D eigenvalue weighted by Crippen LogP contribution is 2.38. The van der Waals surface area contributed by atoms with Gasteiger partial charge in [0.15, 0.2) is 0 Å². The van der Waals surface area contributed by atoms with E-state index in [1.807, 2.05) is 18.7 Å². The summed E-state index contributed by atoms with van der Waals surface area (Å²) in [6, 6.07) is 0.161. The average Bonchev–Trinajstić information content (AvgIpc) is 2.37. The highest BCUT2D eigenvalue weighted by Gasteiger charge is 2.40. The Hall–Kier alpha value is 0.420. The molecule has 18 heavy (non-hydrogen) atoms. The van der Waals surface area contributed by atoms with Crippen LogP contribution < -0.4 is 5.73 Å². The van der Waals surface area contributed by atoms with Gasteiger partial charge in [-0.15, -0.1) is 0 Å². The van der Waals surface area contributed by atoms with E-state index in [4.69, 9.17) is 10.5 Å². The quantitative estimate of drug-likeness (QED) is 0.860. The molecule has 0 saturated carbocycles. The molecule has 0 aromatic carbocycles. The molecule has 2 rings (SSSR count). The van der Waals surface area contributed by atoms with Crippen molar-refractivity contribution in [3.63, 3.8) is 0 Å². The Morgan fingerprint density at radius 3 is 2.89 bits per heavy atom.